The quantitative estimate of drug-likeness (QED) is 0.192. The van der Waals surface area contributed by atoms with Crippen LogP contribution in [0, 0.1) is 0 Å². The molecule has 212 valence electrons. The van der Waals surface area contributed by atoms with E-state index in [9.17, 15) is 19.2 Å². The second kappa shape index (κ2) is 13.6. The van der Waals surface area contributed by atoms with Gasteiger partial charge >= 0.3 is 0 Å². The van der Waals surface area contributed by atoms with Crippen molar-refractivity contribution in [3.05, 3.63) is 156 Å². The summed E-state index contributed by atoms with van der Waals surface area (Å²) in [7, 11) is 0. The van der Waals surface area contributed by atoms with Crippen molar-refractivity contribution in [1.29, 1.82) is 0 Å². The number of hydrogen-bond acceptors (Lipinski definition) is 4. The third-order valence-corrected chi connectivity index (χ3v) is 6.50. The summed E-state index contributed by atoms with van der Waals surface area (Å²) in [5.41, 5.74) is 3.87. The van der Waals surface area contributed by atoms with Gasteiger partial charge in [-0.1, -0.05) is 66.8 Å². The van der Waals surface area contributed by atoms with Crippen LogP contribution in [0.3, 0.4) is 0 Å². The summed E-state index contributed by atoms with van der Waals surface area (Å²) in [6.45, 7) is 0. The molecule has 0 aliphatic heterocycles. The minimum Gasteiger partial charge on any atom is -0.322 e. The Bertz CT molecular complexity index is 1760. The Kier molecular flexibility index (Phi) is 8.99. The van der Waals surface area contributed by atoms with Crippen molar-refractivity contribution in [1.82, 2.24) is 0 Å². The Hall–Kier alpha value is -6.02. The molecule has 0 spiro atoms. The maximum atomic E-state index is 13.0. The molecule has 4 aromatic carbocycles. The van der Waals surface area contributed by atoms with Gasteiger partial charge in [-0.2, -0.15) is 0 Å². The number of carbonyl (C=O) groups excluding carboxylic acids is 4. The van der Waals surface area contributed by atoms with Gasteiger partial charge in [-0.3, -0.25) is 19.2 Å². The molecular formula is C35H28N4O4. The van der Waals surface area contributed by atoms with Crippen molar-refractivity contribution < 1.29 is 19.2 Å². The molecule has 0 saturated carbocycles. The monoisotopic (exact) mass is 568 g/mol. The number of rotatable bonds is 8. The zero-order valence-corrected chi connectivity index (χ0v) is 23.0. The highest BCUT2D eigenvalue weighted by atomic mass is 16.2. The summed E-state index contributed by atoms with van der Waals surface area (Å²) in [4.78, 5) is 51.3. The predicted octanol–water partition coefficient (Wildman–Crippen LogP) is 6.58. The van der Waals surface area contributed by atoms with Crippen molar-refractivity contribution >= 4 is 46.4 Å². The molecule has 0 saturated heterocycles. The Morgan fingerprint density at radius 2 is 0.977 bits per heavy atom. The zero-order valence-electron chi connectivity index (χ0n) is 23.0. The highest BCUT2D eigenvalue weighted by Crippen LogP contribution is 2.20. The molecule has 5 rings (SSSR count). The first-order valence-corrected chi connectivity index (χ1v) is 13.6. The molecule has 0 atom stereocenters. The lowest BCUT2D eigenvalue weighted by atomic mass is 10.1. The summed E-state index contributed by atoms with van der Waals surface area (Å²) in [5, 5.41) is 11.3. The van der Waals surface area contributed by atoms with E-state index in [4.69, 9.17) is 0 Å². The smallest absolute Gasteiger partial charge is 0.255 e. The van der Waals surface area contributed by atoms with Crippen LogP contribution in [0.15, 0.2) is 145 Å². The molecule has 43 heavy (non-hydrogen) atoms. The van der Waals surface area contributed by atoms with Crippen molar-refractivity contribution in [3.63, 3.8) is 0 Å². The largest absolute Gasteiger partial charge is 0.322 e. The maximum Gasteiger partial charge on any atom is 0.255 e. The number of para-hydroxylation sites is 2. The molecule has 0 heterocycles. The minimum absolute atomic E-state index is 0.261. The number of benzene rings is 4. The average molecular weight is 569 g/mol. The fraction of sp³-hybridized carbons (Fsp3) is 0.0286. The third kappa shape index (κ3) is 7.80. The lowest BCUT2D eigenvalue weighted by molar-refractivity contribution is -0.113. The average Bonchev–Trinajstić information content (AvgIpc) is 3.29. The normalized spacial score (nSPS) is 12.2. The molecule has 0 aromatic heterocycles. The van der Waals surface area contributed by atoms with Crippen LogP contribution < -0.4 is 21.3 Å². The van der Waals surface area contributed by atoms with E-state index in [2.05, 4.69) is 21.3 Å². The number of nitrogens with one attached hydrogen (secondary N) is 4. The number of allylic oxidation sites excluding steroid dienone is 3. The second-order valence-corrected chi connectivity index (χ2v) is 9.62. The van der Waals surface area contributed by atoms with Crippen LogP contribution in [-0.4, -0.2) is 23.6 Å². The molecular weight excluding hydrogens is 540 g/mol. The van der Waals surface area contributed by atoms with Crippen molar-refractivity contribution in [2.75, 3.05) is 21.3 Å². The first-order chi connectivity index (χ1) is 20.9. The Labute approximate surface area is 248 Å². The van der Waals surface area contributed by atoms with Crippen LogP contribution >= 0.6 is 0 Å². The molecule has 0 bridgehead atoms. The fourth-order valence-corrected chi connectivity index (χ4v) is 4.30. The van der Waals surface area contributed by atoms with Gasteiger partial charge in [0.2, 0.25) is 0 Å². The van der Waals surface area contributed by atoms with E-state index in [0.717, 1.165) is 0 Å². The van der Waals surface area contributed by atoms with E-state index in [1.54, 1.807) is 91.0 Å². The minimum atomic E-state index is -0.402. The van der Waals surface area contributed by atoms with Crippen molar-refractivity contribution in [2.24, 2.45) is 0 Å². The summed E-state index contributed by atoms with van der Waals surface area (Å²) >= 11 is 0. The Morgan fingerprint density at radius 1 is 0.488 bits per heavy atom. The molecule has 1 aliphatic rings. The van der Waals surface area contributed by atoms with Gasteiger partial charge in [0, 0.05) is 45.0 Å². The molecule has 4 amide bonds. The molecule has 8 nitrogen and oxygen atoms in total. The summed E-state index contributed by atoms with van der Waals surface area (Å²) in [5.74, 6) is -1.32. The third-order valence-electron chi connectivity index (χ3n) is 6.50. The topological polar surface area (TPSA) is 116 Å². The molecule has 8 heteroatoms. The van der Waals surface area contributed by atoms with E-state index in [-0.39, 0.29) is 24.1 Å². The first kappa shape index (κ1) is 28.5. The van der Waals surface area contributed by atoms with Gasteiger partial charge in [0.15, 0.2) is 0 Å². The highest BCUT2D eigenvalue weighted by Gasteiger charge is 2.15. The summed E-state index contributed by atoms with van der Waals surface area (Å²) in [6, 6.07) is 31.4. The zero-order chi connectivity index (χ0) is 30.0. The molecule has 1 aliphatic carbocycles. The molecule has 0 unspecified atom stereocenters. The van der Waals surface area contributed by atoms with E-state index in [0.29, 0.717) is 45.0 Å². The summed E-state index contributed by atoms with van der Waals surface area (Å²) in [6.07, 6.45) is 6.97. The second-order valence-electron chi connectivity index (χ2n) is 9.62. The Balaban J connectivity index is 1.18. The standard InChI is InChI=1S/C35H28N4O4/c40-32(36-28-14-3-1-4-15-28)24-10-7-11-25(21-20-24)33(41)38-30-18-9-19-31(23-30)39-35(43)27-13-8-12-26(22-27)34(42)37-29-16-5-2-6-17-29/h1-20,22-23H,21H2,(H,36,40)(H,37,42)(H,38,41)(H,39,43). The highest BCUT2D eigenvalue weighted by molar-refractivity contribution is 6.10. The van der Waals surface area contributed by atoms with Gasteiger partial charge in [0.1, 0.15) is 0 Å². The van der Waals surface area contributed by atoms with Crippen LogP contribution in [-0.2, 0) is 9.59 Å². The molecule has 0 radical (unpaired) electrons. The molecule has 4 N–H and O–H groups in total. The van der Waals surface area contributed by atoms with Crippen LogP contribution in [0.4, 0.5) is 22.7 Å². The van der Waals surface area contributed by atoms with Crippen LogP contribution in [0.2, 0.25) is 0 Å². The SMILES string of the molecule is O=C(Nc1ccccc1)C1=CCC(C(=O)Nc2cccc(NC(=O)c3cccc(C(=O)Nc4ccccc4)c3)c2)=CC=C1. The van der Waals surface area contributed by atoms with Gasteiger partial charge in [0.05, 0.1) is 0 Å². The molecule has 0 fully saturated rings. The number of carbonyl (C=O) groups is 4. The van der Waals surface area contributed by atoms with Gasteiger partial charge in [-0.05, 0) is 73.2 Å². The first-order valence-electron chi connectivity index (χ1n) is 13.6. The van der Waals surface area contributed by atoms with Crippen LogP contribution in [0.25, 0.3) is 0 Å². The van der Waals surface area contributed by atoms with Gasteiger partial charge in [0.25, 0.3) is 23.6 Å². The maximum absolute atomic E-state index is 13.0. The fourth-order valence-electron chi connectivity index (χ4n) is 4.30. The lowest BCUT2D eigenvalue weighted by Crippen LogP contribution is -2.16. The van der Waals surface area contributed by atoms with Crippen molar-refractivity contribution in [3.8, 4) is 0 Å². The Morgan fingerprint density at radius 3 is 1.58 bits per heavy atom. The van der Waals surface area contributed by atoms with Gasteiger partial charge < -0.3 is 21.3 Å². The van der Waals surface area contributed by atoms with E-state index in [1.165, 1.54) is 6.07 Å². The van der Waals surface area contributed by atoms with E-state index >= 15 is 0 Å². The number of hydrogen-bond donors (Lipinski definition) is 4. The van der Waals surface area contributed by atoms with E-state index < -0.39 is 5.91 Å². The van der Waals surface area contributed by atoms with Gasteiger partial charge in [-0.15, -0.1) is 0 Å². The number of anilines is 4. The summed E-state index contributed by atoms with van der Waals surface area (Å²) < 4.78 is 0. The van der Waals surface area contributed by atoms with Crippen LogP contribution in [0.5, 0.6) is 0 Å². The lowest BCUT2D eigenvalue weighted by Gasteiger charge is -2.11. The van der Waals surface area contributed by atoms with Gasteiger partial charge in [-0.25, -0.2) is 0 Å². The molecule has 4 aromatic rings. The van der Waals surface area contributed by atoms with E-state index in [1.807, 2.05) is 36.4 Å². The van der Waals surface area contributed by atoms with Crippen LogP contribution in [0.1, 0.15) is 27.1 Å². The van der Waals surface area contributed by atoms with Crippen molar-refractivity contribution in [2.45, 2.75) is 6.42 Å². The number of amides is 4. The predicted molar refractivity (Wildman–Crippen MR) is 169 cm³/mol.